The molecule has 3 fully saturated rings. The van der Waals surface area contributed by atoms with E-state index in [1.165, 1.54) is 15.8 Å². The Balaban J connectivity index is 0.850. The van der Waals surface area contributed by atoms with Gasteiger partial charge in [-0.3, -0.25) is 24.1 Å². The van der Waals surface area contributed by atoms with Gasteiger partial charge in [0, 0.05) is 36.5 Å². The lowest BCUT2D eigenvalue weighted by molar-refractivity contribution is -0.144. The van der Waals surface area contributed by atoms with Crippen LogP contribution in [0.4, 0.5) is 24.5 Å². The van der Waals surface area contributed by atoms with Gasteiger partial charge in [0.1, 0.15) is 42.3 Å². The average molecular weight is 1020 g/mol. The Morgan fingerprint density at radius 1 is 0.972 bits per heavy atom. The Morgan fingerprint density at radius 3 is 2.17 bits per heavy atom. The van der Waals surface area contributed by atoms with Crippen molar-refractivity contribution in [2.45, 2.75) is 122 Å². The molecule has 1 aliphatic carbocycles. The molecule has 3 aliphatic rings. The van der Waals surface area contributed by atoms with E-state index in [0.717, 1.165) is 54.0 Å². The van der Waals surface area contributed by atoms with E-state index in [-0.39, 0.29) is 55.2 Å². The van der Waals surface area contributed by atoms with Crippen molar-refractivity contribution in [2.75, 3.05) is 36.1 Å². The normalized spacial score (nSPS) is 20.7. The van der Waals surface area contributed by atoms with Crippen molar-refractivity contribution in [1.29, 1.82) is 5.26 Å². The van der Waals surface area contributed by atoms with Crippen LogP contribution in [-0.4, -0.2) is 93.8 Å². The molecule has 71 heavy (non-hydrogen) atoms. The Labute approximate surface area is 421 Å². The fourth-order valence-corrected chi connectivity index (χ4v) is 11.0. The average Bonchev–Trinajstić information content (AvgIpc) is 4.00. The summed E-state index contributed by atoms with van der Waals surface area (Å²) in [6, 6.07) is 16.9. The number of aromatic nitrogens is 1. The molecule has 7 rings (SSSR count). The van der Waals surface area contributed by atoms with Crippen molar-refractivity contribution in [1.82, 2.24) is 20.5 Å². The van der Waals surface area contributed by atoms with E-state index in [9.17, 15) is 42.7 Å². The number of thiazole rings is 1. The first-order valence-corrected chi connectivity index (χ1v) is 25.1. The van der Waals surface area contributed by atoms with Gasteiger partial charge in [-0.15, -0.1) is 11.3 Å². The van der Waals surface area contributed by atoms with E-state index in [1.54, 1.807) is 72.6 Å². The number of hydrogen-bond donors (Lipinski definition) is 3. The summed E-state index contributed by atoms with van der Waals surface area (Å²) < 4.78 is 53.0. The molecule has 1 aromatic heterocycles. The van der Waals surface area contributed by atoms with Crippen molar-refractivity contribution in [2.24, 2.45) is 11.3 Å². The van der Waals surface area contributed by atoms with Crippen molar-refractivity contribution in [3.63, 3.8) is 0 Å². The number of β-amino-alcohol motifs (C(OH)–C–C–N with tert-alkyl or cyclic N) is 1. The van der Waals surface area contributed by atoms with Gasteiger partial charge in [-0.1, -0.05) is 32.9 Å². The third-order valence-electron chi connectivity index (χ3n) is 13.5. The number of benzene rings is 3. The lowest BCUT2D eigenvalue weighted by Gasteiger charge is -2.35. The second-order valence-corrected chi connectivity index (χ2v) is 21.3. The number of nitrogens with zero attached hydrogens (tertiary/aromatic N) is 5. The van der Waals surface area contributed by atoms with Crippen molar-refractivity contribution in [3.05, 3.63) is 99.5 Å². The van der Waals surface area contributed by atoms with Gasteiger partial charge in [0.05, 0.1) is 40.2 Å². The lowest BCUT2D eigenvalue weighted by atomic mass is 9.81. The van der Waals surface area contributed by atoms with E-state index in [2.05, 4.69) is 22.5 Å². The zero-order chi connectivity index (χ0) is 51.4. The minimum Gasteiger partial charge on any atom is -0.490 e. The molecule has 3 aromatic carbocycles. The molecule has 2 saturated heterocycles. The Kier molecular flexibility index (Phi) is 16.1. The highest BCUT2D eigenvalue weighted by atomic mass is 32.1. The predicted molar refractivity (Wildman–Crippen MR) is 267 cm³/mol. The van der Waals surface area contributed by atoms with Crippen LogP contribution in [0.2, 0.25) is 0 Å². The van der Waals surface area contributed by atoms with E-state index >= 15 is 0 Å². The van der Waals surface area contributed by atoms with E-state index in [0.29, 0.717) is 42.0 Å². The van der Waals surface area contributed by atoms with E-state index < -0.39 is 58.3 Å². The number of ether oxygens (including phenoxy) is 2. The van der Waals surface area contributed by atoms with Gasteiger partial charge in [-0.25, -0.2) is 4.98 Å². The topological polar surface area (TPSA) is 177 Å². The molecule has 4 amide bonds. The van der Waals surface area contributed by atoms with E-state index in [1.807, 2.05) is 38.4 Å². The van der Waals surface area contributed by atoms with Crippen LogP contribution in [-0.2, 0) is 31.8 Å². The number of nitriles is 1. The highest BCUT2D eigenvalue weighted by Gasteiger charge is 2.51. The maximum absolute atomic E-state index is 14.1. The number of likely N-dealkylation sites (tertiary alicyclic amines) is 1. The van der Waals surface area contributed by atoms with Crippen LogP contribution in [0.3, 0.4) is 0 Å². The van der Waals surface area contributed by atoms with Crippen LogP contribution in [0.25, 0.3) is 0 Å². The van der Waals surface area contributed by atoms with Gasteiger partial charge in [0.15, 0.2) is 5.11 Å². The van der Waals surface area contributed by atoms with Gasteiger partial charge >= 0.3 is 6.18 Å². The van der Waals surface area contributed by atoms with Crippen molar-refractivity contribution >= 4 is 63.7 Å². The molecule has 2 aliphatic heterocycles. The summed E-state index contributed by atoms with van der Waals surface area (Å²) in [7, 11) is 0. The first-order valence-electron chi connectivity index (χ1n) is 23.8. The summed E-state index contributed by atoms with van der Waals surface area (Å²) in [4.78, 5) is 64.4. The fraction of sp³-hybridized carbons (Fsp3) is 0.481. The third-order valence-corrected chi connectivity index (χ3v) is 14.9. The molecular weight excluding hydrogens is 956 g/mol. The van der Waals surface area contributed by atoms with Crippen LogP contribution in [0.1, 0.15) is 106 Å². The number of nitrogens with one attached hydrogen (secondary N) is 2. The molecule has 1 unspecified atom stereocenters. The van der Waals surface area contributed by atoms with Crippen molar-refractivity contribution in [3.8, 4) is 17.6 Å². The first-order chi connectivity index (χ1) is 33.6. The number of amides is 4. The van der Waals surface area contributed by atoms with Crippen LogP contribution in [0.5, 0.6) is 11.5 Å². The fourth-order valence-electron chi connectivity index (χ4n) is 9.53. The highest BCUT2D eigenvalue weighted by molar-refractivity contribution is 7.81. The second-order valence-electron chi connectivity index (χ2n) is 20.0. The standard InChI is InChI=1S/C52H60F3N7O7S2/c1-31-44(71-30-58-31)34-12-7-33(8-13-34)28-57-46(65)42-26-38(63)29-60(42)47(66)45(50(2,3)4)59-43(64)22-11-32-9-18-39(19-10-32)68-23-24-69-40-20-16-36(17-21-40)62-49(70)61(48(67)51(62,5)6)37-15-14-35(27-56)41(25-37)52(53,54)55/h9-10,14-21,25,30,33-34,38,42,45,63H,7-8,11-13,22-24,26,28-29H2,1-6H3,(H,57,65)(H,59,64)/t33?,34?,38-,42+,45?/m1/s1. The Morgan fingerprint density at radius 2 is 1.59 bits per heavy atom. The van der Waals surface area contributed by atoms with Crippen LogP contribution >= 0.6 is 23.6 Å². The number of anilines is 2. The number of carbonyl (C=O) groups is 4. The van der Waals surface area contributed by atoms with Crippen LogP contribution in [0, 0.1) is 29.6 Å². The molecule has 0 bridgehead atoms. The number of alkyl halides is 3. The summed E-state index contributed by atoms with van der Waals surface area (Å²) in [5, 5.41) is 25.8. The van der Waals surface area contributed by atoms with Gasteiger partial charge in [-0.05, 0) is 143 Å². The zero-order valence-electron chi connectivity index (χ0n) is 40.7. The van der Waals surface area contributed by atoms with Gasteiger partial charge in [-0.2, -0.15) is 18.4 Å². The largest absolute Gasteiger partial charge is 0.490 e. The molecule has 1 saturated carbocycles. The van der Waals surface area contributed by atoms with Gasteiger partial charge < -0.3 is 35.0 Å². The summed E-state index contributed by atoms with van der Waals surface area (Å²) in [6.07, 6.45) is -0.951. The number of rotatable bonds is 16. The lowest BCUT2D eigenvalue weighted by Crippen LogP contribution is -2.58. The van der Waals surface area contributed by atoms with Gasteiger partial charge in [0.2, 0.25) is 17.7 Å². The van der Waals surface area contributed by atoms with Crippen LogP contribution in [0.15, 0.2) is 72.2 Å². The smallest absolute Gasteiger partial charge is 0.417 e. The number of aryl methyl sites for hydroxylation is 2. The summed E-state index contributed by atoms with van der Waals surface area (Å²) >= 11 is 7.34. The minimum atomic E-state index is -4.81. The molecule has 0 radical (unpaired) electrons. The number of hydrogen-bond acceptors (Lipinski definition) is 11. The molecule has 3 heterocycles. The Bertz CT molecular complexity index is 2640. The highest BCUT2D eigenvalue weighted by Crippen LogP contribution is 2.41. The number of aliphatic hydroxyl groups excluding tert-OH is 1. The molecule has 3 N–H and O–H groups in total. The first kappa shape index (κ1) is 52.7. The molecular formula is C52H60F3N7O7S2. The molecule has 0 spiro atoms. The molecule has 4 aromatic rings. The predicted octanol–water partition coefficient (Wildman–Crippen LogP) is 8.23. The quantitative estimate of drug-likeness (QED) is 0.0728. The zero-order valence-corrected chi connectivity index (χ0v) is 42.3. The number of halogens is 3. The third kappa shape index (κ3) is 12.2. The van der Waals surface area contributed by atoms with Gasteiger partial charge in [0.25, 0.3) is 5.91 Å². The number of carbonyl (C=O) groups excluding carboxylic acids is 4. The maximum atomic E-state index is 14.1. The monoisotopic (exact) mass is 1020 g/mol. The molecule has 14 nitrogen and oxygen atoms in total. The second kappa shape index (κ2) is 21.7. The van der Waals surface area contributed by atoms with Crippen LogP contribution < -0.4 is 29.9 Å². The summed E-state index contributed by atoms with van der Waals surface area (Å²) in [5.74, 6) is 0.381. The minimum absolute atomic E-state index is 0.00981. The summed E-state index contributed by atoms with van der Waals surface area (Å²) in [5.41, 5.74) is 0.643. The number of thiocarbonyl (C=S) groups is 1. The summed E-state index contributed by atoms with van der Waals surface area (Å²) in [6.45, 7) is 11.8. The van der Waals surface area contributed by atoms with Crippen molar-refractivity contribution < 1.29 is 46.9 Å². The molecule has 19 heteroatoms. The SMILES string of the molecule is Cc1ncsc1C1CCC(CNC(=O)[C@@H]2C[C@@H](O)CN2C(=O)C(NC(=O)CCc2ccc(OCCOc3ccc(N4C(=S)N(c5ccc(C#N)c(C(F)(F)F)c5)C(=O)C4(C)C)cc3)cc2)C(C)(C)C)CC1. The number of aliphatic hydroxyl groups is 1. The maximum Gasteiger partial charge on any atom is 0.417 e. The molecule has 3 atom stereocenters. The Hall–Kier alpha value is -6.10. The molecule has 378 valence electrons. The van der Waals surface area contributed by atoms with E-state index in [4.69, 9.17) is 21.7 Å².